The third-order valence-electron chi connectivity index (χ3n) is 11.0. The summed E-state index contributed by atoms with van der Waals surface area (Å²) >= 11 is 3.86. The Hall–Kier alpha value is -5.43. The number of fused-ring (bicyclic) bond motifs is 14. The van der Waals surface area contributed by atoms with Crippen LogP contribution in [0.5, 0.6) is 23.0 Å². The summed E-state index contributed by atoms with van der Waals surface area (Å²) in [6.07, 6.45) is 0. The minimum Gasteiger partial charge on any atom is -0.458 e. The van der Waals surface area contributed by atoms with Crippen LogP contribution in [-0.4, -0.2) is 21.1 Å². The zero-order chi connectivity index (χ0) is 32.2. The van der Waals surface area contributed by atoms with Gasteiger partial charge in [-0.25, -0.2) is 0 Å². The molecule has 0 atom stereocenters. The van der Waals surface area contributed by atoms with E-state index >= 15 is 0 Å². The number of ether oxygens (including phenoxy) is 2. The molecule has 50 heavy (non-hydrogen) atoms. The second-order valence-corrected chi connectivity index (χ2v) is 15.8. The summed E-state index contributed by atoms with van der Waals surface area (Å²) in [5.41, 5.74) is 12.2. The third-order valence-corrected chi connectivity index (χ3v) is 13.7. The molecule has 0 saturated heterocycles. The highest BCUT2D eigenvalue weighted by molar-refractivity contribution is 8.28. The zero-order valence-electron chi connectivity index (χ0n) is 26.4. The summed E-state index contributed by atoms with van der Waals surface area (Å²) in [5.74, 6) is 3.65. The van der Waals surface area contributed by atoms with Crippen LogP contribution >= 0.6 is 23.2 Å². The lowest BCUT2D eigenvalue weighted by atomic mass is 9.54. The highest BCUT2D eigenvalue weighted by Gasteiger charge is 2.43. The molecular formula is C42H22B2N2O2S2. The molecule has 4 aliphatic heterocycles. The van der Waals surface area contributed by atoms with Crippen LogP contribution in [0, 0.1) is 0 Å². The van der Waals surface area contributed by atoms with Crippen LogP contribution in [0.3, 0.4) is 0 Å². The second kappa shape index (κ2) is 9.21. The fourth-order valence-electron chi connectivity index (χ4n) is 9.03. The van der Waals surface area contributed by atoms with E-state index in [0.29, 0.717) is 0 Å². The first-order valence-corrected chi connectivity index (χ1v) is 18.7. The Morgan fingerprint density at radius 2 is 0.880 bits per heavy atom. The molecule has 0 spiro atoms. The van der Waals surface area contributed by atoms with Crippen molar-refractivity contribution in [3.05, 3.63) is 133 Å². The fraction of sp³-hybridized carbons (Fsp3) is 0. The zero-order valence-corrected chi connectivity index (χ0v) is 28.0. The largest absolute Gasteiger partial charge is 0.458 e. The molecule has 6 heterocycles. The lowest BCUT2D eigenvalue weighted by Gasteiger charge is -2.31. The minimum atomic E-state index is 0.0427. The average molecular weight is 672 g/mol. The number of hydrogen-bond acceptors (Lipinski definition) is 4. The predicted octanol–water partition coefficient (Wildman–Crippen LogP) is 8.52. The molecule has 9 aromatic rings. The summed E-state index contributed by atoms with van der Waals surface area (Å²) in [4.78, 5) is 2.52. The first kappa shape index (κ1) is 26.4. The molecule has 2 aromatic heterocycles. The Bertz CT molecular complexity index is 2840. The first-order valence-electron chi connectivity index (χ1n) is 17.0. The topological polar surface area (TPSA) is 28.3 Å². The monoisotopic (exact) mass is 672 g/mol. The molecule has 0 fully saturated rings. The van der Waals surface area contributed by atoms with Gasteiger partial charge >= 0.3 is 0 Å². The van der Waals surface area contributed by atoms with Crippen molar-refractivity contribution in [2.75, 3.05) is 0 Å². The maximum absolute atomic E-state index is 6.90. The van der Waals surface area contributed by atoms with Crippen LogP contribution < -0.4 is 31.3 Å². The summed E-state index contributed by atoms with van der Waals surface area (Å²) in [6.45, 7) is 0. The highest BCUT2D eigenvalue weighted by Crippen LogP contribution is 2.47. The third kappa shape index (κ3) is 3.16. The Morgan fingerprint density at radius 3 is 1.40 bits per heavy atom. The molecule has 4 aliphatic rings. The molecule has 0 bridgehead atoms. The fourth-order valence-corrected chi connectivity index (χ4v) is 11.7. The maximum Gasteiger partial charge on any atom is 0.291 e. The van der Waals surface area contributed by atoms with E-state index in [1.165, 1.54) is 86.6 Å². The number of nitrogens with zero attached hydrogens (tertiary/aromatic N) is 2. The van der Waals surface area contributed by atoms with Crippen molar-refractivity contribution in [3.8, 4) is 34.4 Å². The van der Waals surface area contributed by atoms with Crippen molar-refractivity contribution in [2.45, 2.75) is 9.79 Å². The van der Waals surface area contributed by atoms with E-state index in [4.69, 9.17) is 9.47 Å². The Kier molecular flexibility index (Phi) is 4.87. The van der Waals surface area contributed by atoms with E-state index in [0.717, 1.165) is 23.0 Å². The number of benzene rings is 7. The summed E-state index contributed by atoms with van der Waals surface area (Å²) in [7, 11) is 0. The van der Waals surface area contributed by atoms with Crippen LogP contribution in [0.25, 0.3) is 55.0 Å². The van der Waals surface area contributed by atoms with E-state index < -0.39 is 0 Å². The highest BCUT2D eigenvalue weighted by atomic mass is 32.2. The normalized spacial score (nSPS) is 14.5. The Morgan fingerprint density at radius 1 is 0.420 bits per heavy atom. The van der Waals surface area contributed by atoms with E-state index in [9.17, 15) is 0 Å². The average Bonchev–Trinajstić information content (AvgIpc) is 3.55. The first-order chi connectivity index (χ1) is 24.8. The van der Waals surface area contributed by atoms with Gasteiger partial charge in [0.2, 0.25) is 0 Å². The SMILES string of the molecule is c1ccc2c(c1)SB1c3cc4c(cc3Oc3ccc5c6ccccc6n-2c5c31)Oc1ccc2c3ccccc3n3c2c1B4Sc1ccccc1-3. The molecule has 230 valence electrons. The van der Waals surface area contributed by atoms with E-state index in [1.54, 1.807) is 0 Å². The van der Waals surface area contributed by atoms with Crippen molar-refractivity contribution in [2.24, 2.45) is 0 Å². The standard InChI is InChI=1S/C42H22B2N2O2S2/c1-3-11-29-23(9-1)25-17-19-33-39-41(25)45(29)31-13-5-7-15-37(31)49-43(39)27-21-28-36(22-35(27)47-33)48-34-20-18-26-24-10-2-4-12-30(24)46-32-14-6-8-16-38(32)50-44(28)40(34)42(26)46/h1-22H. The van der Waals surface area contributed by atoms with Gasteiger partial charge in [0.15, 0.2) is 0 Å². The molecule has 4 nitrogen and oxygen atoms in total. The molecule has 0 unspecified atom stereocenters. The van der Waals surface area contributed by atoms with Gasteiger partial charge in [-0.2, -0.15) is 23.2 Å². The van der Waals surface area contributed by atoms with Gasteiger partial charge < -0.3 is 18.6 Å². The van der Waals surface area contributed by atoms with Gasteiger partial charge in [-0.1, -0.05) is 66.7 Å². The van der Waals surface area contributed by atoms with Gasteiger partial charge in [-0.3, -0.25) is 0 Å². The minimum absolute atomic E-state index is 0.0427. The van der Waals surface area contributed by atoms with Crippen molar-refractivity contribution in [3.63, 3.8) is 0 Å². The predicted molar refractivity (Wildman–Crippen MR) is 210 cm³/mol. The van der Waals surface area contributed by atoms with Crippen LogP contribution in [0.2, 0.25) is 0 Å². The van der Waals surface area contributed by atoms with Crippen molar-refractivity contribution >= 4 is 101 Å². The molecular weight excluding hydrogens is 650 g/mol. The lowest BCUT2D eigenvalue weighted by Crippen LogP contribution is -2.50. The van der Waals surface area contributed by atoms with Gasteiger partial charge in [0.05, 0.1) is 33.4 Å². The molecule has 0 saturated carbocycles. The summed E-state index contributed by atoms with van der Waals surface area (Å²) in [5, 5.41) is 5.05. The van der Waals surface area contributed by atoms with Gasteiger partial charge in [-0.15, -0.1) is 0 Å². The quantitative estimate of drug-likeness (QED) is 0.151. The Balaban J connectivity index is 1.10. The van der Waals surface area contributed by atoms with Crippen molar-refractivity contribution in [1.29, 1.82) is 0 Å². The molecule has 0 aliphatic carbocycles. The lowest BCUT2D eigenvalue weighted by molar-refractivity contribution is 0.466. The molecule has 13 rings (SSSR count). The van der Waals surface area contributed by atoms with Gasteiger partial charge in [-0.05, 0) is 71.6 Å². The van der Waals surface area contributed by atoms with Gasteiger partial charge in [0, 0.05) is 48.3 Å². The molecule has 0 N–H and O–H groups in total. The van der Waals surface area contributed by atoms with Crippen LogP contribution in [0.1, 0.15) is 0 Å². The van der Waals surface area contributed by atoms with Gasteiger partial charge in [0.1, 0.15) is 23.0 Å². The number of rotatable bonds is 0. The molecule has 7 aromatic carbocycles. The van der Waals surface area contributed by atoms with Gasteiger partial charge in [0.25, 0.3) is 12.0 Å². The number of para-hydroxylation sites is 4. The number of aromatic nitrogens is 2. The van der Waals surface area contributed by atoms with E-state index in [1.807, 2.05) is 23.2 Å². The smallest absolute Gasteiger partial charge is 0.291 e. The van der Waals surface area contributed by atoms with Crippen molar-refractivity contribution in [1.82, 2.24) is 9.13 Å². The number of hydrogen-bond donors (Lipinski definition) is 0. The van der Waals surface area contributed by atoms with Crippen LogP contribution in [0.4, 0.5) is 0 Å². The summed E-state index contributed by atoms with van der Waals surface area (Å²) < 4.78 is 18.7. The second-order valence-electron chi connectivity index (χ2n) is 13.5. The van der Waals surface area contributed by atoms with Crippen molar-refractivity contribution < 1.29 is 9.47 Å². The maximum atomic E-state index is 6.90. The molecule has 8 heteroatoms. The van der Waals surface area contributed by atoms with E-state index in [-0.39, 0.29) is 12.0 Å². The van der Waals surface area contributed by atoms with Crippen LogP contribution in [0.15, 0.2) is 143 Å². The summed E-state index contributed by atoms with van der Waals surface area (Å²) in [6, 6.07) is 48.6. The molecule has 0 radical (unpaired) electrons. The van der Waals surface area contributed by atoms with Crippen LogP contribution in [-0.2, 0) is 0 Å². The Labute approximate surface area is 295 Å². The molecule has 0 amide bonds. The van der Waals surface area contributed by atoms with E-state index in [2.05, 4.69) is 143 Å².